The minimum Gasteiger partial charge on any atom is -0.475 e. The minimum absolute atomic E-state index is 0.0199. The average Bonchev–Trinajstić information content (AvgIpc) is 2.85. The van der Waals surface area contributed by atoms with Gasteiger partial charge in [0.2, 0.25) is 11.8 Å². The Balaban J connectivity index is 2.37. The van der Waals surface area contributed by atoms with Gasteiger partial charge in [0.25, 0.3) is 0 Å². The molecule has 0 saturated carbocycles. The Labute approximate surface area is 116 Å². The van der Waals surface area contributed by atoms with Gasteiger partial charge in [-0.15, -0.1) is 11.3 Å². The summed E-state index contributed by atoms with van der Waals surface area (Å²) in [5, 5.41) is 13.0. The van der Waals surface area contributed by atoms with Crippen molar-refractivity contribution in [2.75, 3.05) is 25.1 Å². The Bertz CT molecular complexity index is 542. The zero-order valence-corrected chi connectivity index (χ0v) is 12.1. The summed E-state index contributed by atoms with van der Waals surface area (Å²) < 4.78 is 5.51. The maximum atomic E-state index is 8.88. The molecule has 0 unspecified atom stereocenters. The number of nitrogens with one attached hydrogen (secondary N) is 1. The van der Waals surface area contributed by atoms with Gasteiger partial charge < -0.3 is 15.2 Å². The van der Waals surface area contributed by atoms with Gasteiger partial charge in [-0.3, -0.25) is 0 Å². The molecule has 19 heavy (non-hydrogen) atoms. The van der Waals surface area contributed by atoms with E-state index in [1.807, 2.05) is 0 Å². The molecule has 0 spiro atoms. The molecule has 0 fully saturated rings. The Hall–Kier alpha value is -1.40. The number of aromatic nitrogens is 2. The van der Waals surface area contributed by atoms with Gasteiger partial charge in [0.1, 0.15) is 11.4 Å². The lowest BCUT2D eigenvalue weighted by atomic mass is 10.3. The number of hydrogen-bond donors (Lipinski definition) is 2. The summed E-state index contributed by atoms with van der Waals surface area (Å²) >= 11 is 1.66. The molecule has 6 heteroatoms. The lowest BCUT2D eigenvalue weighted by Crippen LogP contribution is -2.08. The van der Waals surface area contributed by atoms with E-state index in [2.05, 4.69) is 35.2 Å². The third-order valence-electron chi connectivity index (χ3n) is 2.62. The number of nitrogens with zero attached hydrogens (tertiary/aromatic N) is 2. The van der Waals surface area contributed by atoms with Crippen LogP contribution in [0.1, 0.15) is 25.1 Å². The van der Waals surface area contributed by atoms with Gasteiger partial charge in [-0.1, -0.05) is 13.8 Å². The molecule has 2 rings (SSSR count). The van der Waals surface area contributed by atoms with Crippen molar-refractivity contribution in [3.8, 4) is 5.88 Å². The first-order chi connectivity index (χ1) is 9.28. The van der Waals surface area contributed by atoms with Gasteiger partial charge in [-0.2, -0.15) is 4.98 Å². The summed E-state index contributed by atoms with van der Waals surface area (Å²) in [5.41, 5.74) is 0. The Kier molecular flexibility index (Phi) is 4.93. The Morgan fingerprint density at radius 1 is 1.37 bits per heavy atom. The van der Waals surface area contributed by atoms with Crippen molar-refractivity contribution in [1.82, 2.24) is 9.97 Å². The highest BCUT2D eigenvalue weighted by atomic mass is 32.1. The first-order valence-electron chi connectivity index (χ1n) is 6.56. The van der Waals surface area contributed by atoms with Gasteiger partial charge in [0, 0.05) is 11.4 Å². The second kappa shape index (κ2) is 6.68. The molecule has 0 radical (unpaired) electrons. The number of aliphatic hydroxyl groups is 1. The van der Waals surface area contributed by atoms with Crippen molar-refractivity contribution in [2.45, 2.75) is 26.7 Å². The molecule has 0 amide bonds. The molecule has 0 saturated heterocycles. The summed E-state index contributed by atoms with van der Waals surface area (Å²) in [5.74, 6) is 1.14. The van der Waals surface area contributed by atoms with Crippen LogP contribution in [-0.2, 0) is 6.42 Å². The highest BCUT2D eigenvalue weighted by molar-refractivity contribution is 7.18. The predicted molar refractivity (Wildman–Crippen MR) is 78.2 cm³/mol. The zero-order chi connectivity index (χ0) is 13.7. The van der Waals surface area contributed by atoms with E-state index in [9.17, 15) is 0 Å². The topological polar surface area (TPSA) is 67.3 Å². The lowest BCUT2D eigenvalue weighted by Gasteiger charge is -2.07. The fraction of sp³-hybridized carbons (Fsp3) is 0.538. The van der Waals surface area contributed by atoms with Crippen molar-refractivity contribution < 1.29 is 9.84 Å². The van der Waals surface area contributed by atoms with Crippen molar-refractivity contribution in [2.24, 2.45) is 0 Å². The molecule has 0 aliphatic rings. The van der Waals surface area contributed by atoms with Crippen LogP contribution in [0.2, 0.25) is 0 Å². The van der Waals surface area contributed by atoms with Gasteiger partial charge in [-0.25, -0.2) is 4.98 Å². The second-order valence-electron chi connectivity index (χ2n) is 4.14. The molecule has 0 bridgehead atoms. The third kappa shape index (κ3) is 3.33. The maximum absolute atomic E-state index is 8.88. The number of thiophene rings is 1. The van der Waals surface area contributed by atoms with Gasteiger partial charge in [-0.05, 0) is 18.9 Å². The quantitative estimate of drug-likeness (QED) is 0.816. The number of hydrogen-bond acceptors (Lipinski definition) is 6. The molecule has 0 aliphatic heterocycles. The van der Waals surface area contributed by atoms with E-state index in [4.69, 9.17) is 9.84 Å². The molecule has 2 aromatic rings. The van der Waals surface area contributed by atoms with E-state index in [0.29, 0.717) is 11.8 Å². The molecule has 0 aliphatic carbocycles. The van der Waals surface area contributed by atoms with E-state index in [-0.39, 0.29) is 13.2 Å². The van der Waals surface area contributed by atoms with Crippen LogP contribution in [0.5, 0.6) is 5.88 Å². The molecular weight excluding hydrogens is 262 g/mol. The van der Waals surface area contributed by atoms with Crippen LogP contribution in [0.25, 0.3) is 10.2 Å². The van der Waals surface area contributed by atoms with Crippen LogP contribution in [-0.4, -0.2) is 34.8 Å². The number of rotatable bonds is 7. The van der Waals surface area contributed by atoms with Crippen molar-refractivity contribution in [1.29, 1.82) is 0 Å². The molecular formula is C13H19N3O2S. The first-order valence-corrected chi connectivity index (χ1v) is 7.38. The van der Waals surface area contributed by atoms with Crippen molar-refractivity contribution in [3.05, 3.63) is 10.9 Å². The summed E-state index contributed by atoms with van der Waals surface area (Å²) in [7, 11) is 0. The fourth-order valence-corrected chi connectivity index (χ4v) is 2.65. The highest BCUT2D eigenvalue weighted by Crippen LogP contribution is 2.31. The van der Waals surface area contributed by atoms with Crippen molar-refractivity contribution in [3.63, 3.8) is 0 Å². The monoisotopic (exact) mass is 281 g/mol. The van der Waals surface area contributed by atoms with Crippen molar-refractivity contribution >= 4 is 27.5 Å². The molecule has 0 atom stereocenters. The minimum atomic E-state index is -0.0199. The summed E-state index contributed by atoms with van der Waals surface area (Å²) in [6.45, 7) is 5.26. The maximum Gasteiger partial charge on any atom is 0.227 e. The van der Waals surface area contributed by atoms with Crippen LogP contribution in [0.4, 0.5) is 5.95 Å². The molecule has 5 nitrogen and oxygen atoms in total. The van der Waals surface area contributed by atoms with E-state index >= 15 is 0 Å². The summed E-state index contributed by atoms with van der Waals surface area (Å²) in [6, 6.07) is 2.07. The molecule has 104 valence electrons. The van der Waals surface area contributed by atoms with Crippen LogP contribution < -0.4 is 10.1 Å². The SMILES string of the molecule is CCCNc1nc(OCCO)c2cc(CC)sc2n1. The summed E-state index contributed by atoms with van der Waals surface area (Å²) in [4.78, 5) is 11.1. The summed E-state index contributed by atoms with van der Waals surface area (Å²) in [6.07, 6.45) is 1.98. The second-order valence-corrected chi connectivity index (χ2v) is 5.25. The standard InChI is InChI=1S/C13H19N3O2S/c1-3-5-14-13-15-11(18-7-6-17)10-8-9(4-2)19-12(10)16-13/h8,17H,3-7H2,1-2H3,(H,14,15,16). The van der Waals surface area contributed by atoms with Gasteiger partial charge >= 0.3 is 0 Å². The highest BCUT2D eigenvalue weighted by Gasteiger charge is 2.12. The normalized spacial score (nSPS) is 10.9. The van der Waals surface area contributed by atoms with Crippen LogP contribution >= 0.6 is 11.3 Å². The number of aliphatic hydroxyl groups excluding tert-OH is 1. The van der Waals surface area contributed by atoms with E-state index < -0.39 is 0 Å². The fourth-order valence-electron chi connectivity index (χ4n) is 1.69. The Morgan fingerprint density at radius 2 is 2.21 bits per heavy atom. The largest absolute Gasteiger partial charge is 0.475 e. The smallest absolute Gasteiger partial charge is 0.227 e. The molecule has 2 heterocycles. The molecule has 2 aromatic heterocycles. The predicted octanol–water partition coefficient (Wildman–Crippen LogP) is 2.45. The van der Waals surface area contributed by atoms with E-state index in [1.165, 1.54) is 4.88 Å². The van der Waals surface area contributed by atoms with Gasteiger partial charge in [0.05, 0.1) is 12.0 Å². The van der Waals surface area contributed by atoms with Crippen LogP contribution in [0, 0.1) is 0 Å². The lowest BCUT2D eigenvalue weighted by molar-refractivity contribution is 0.198. The number of anilines is 1. The van der Waals surface area contributed by atoms with E-state index in [0.717, 1.165) is 29.6 Å². The number of aryl methyl sites for hydroxylation is 1. The molecule has 0 aromatic carbocycles. The molecule has 2 N–H and O–H groups in total. The Morgan fingerprint density at radius 3 is 2.89 bits per heavy atom. The number of fused-ring (bicyclic) bond motifs is 1. The first kappa shape index (κ1) is 14.0. The average molecular weight is 281 g/mol. The number of ether oxygens (including phenoxy) is 1. The third-order valence-corrected chi connectivity index (χ3v) is 3.79. The zero-order valence-electron chi connectivity index (χ0n) is 11.3. The van der Waals surface area contributed by atoms with Crippen LogP contribution in [0.3, 0.4) is 0 Å². The van der Waals surface area contributed by atoms with E-state index in [1.54, 1.807) is 11.3 Å². The van der Waals surface area contributed by atoms with Crippen LogP contribution in [0.15, 0.2) is 6.07 Å². The van der Waals surface area contributed by atoms with Gasteiger partial charge in [0.15, 0.2) is 0 Å².